The first-order chi connectivity index (χ1) is 47.7. The number of anilines is 6. The molecule has 5 heteroatoms. The lowest BCUT2D eigenvalue weighted by atomic mass is 9.33. The number of rotatable bonds is 8. The van der Waals surface area contributed by atoms with Crippen LogP contribution >= 0.6 is 0 Å². The lowest BCUT2D eigenvalue weighted by molar-refractivity contribution is 0.590. The summed E-state index contributed by atoms with van der Waals surface area (Å²) in [6.45, 7) is 27.9. The van der Waals surface area contributed by atoms with Gasteiger partial charge in [-0.3, -0.25) is 0 Å². The van der Waals surface area contributed by atoms with Crippen molar-refractivity contribution in [3.8, 4) is 55.9 Å². The van der Waals surface area contributed by atoms with Crippen molar-refractivity contribution in [2.24, 2.45) is 0 Å². The predicted octanol–water partition coefficient (Wildman–Crippen LogP) is 23.8. The van der Waals surface area contributed by atoms with E-state index in [4.69, 9.17) is 0 Å². The second kappa shape index (κ2) is 22.9. The second-order valence-corrected chi connectivity index (χ2v) is 31.8. The third kappa shape index (κ3) is 10.2. The van der Waals surface area contributed by atoms with Crippen LogP contribution < -0.4 is 26.2 Å². The van der Waals surface area contributed by atoms with Gasteiger partial charge in [-0.15, -0.1) is 0 Å². The highest BCUT2D eigenvalue weighted by Crippen LogP contribution is 2.55. The summed E-state index contributed by atoms with van der Waals surface area (Å²) in [5.74, 6) is 0. The summed E-state index contributed by atoms with van der Waals surface area (Å²) in [6, 6.07) is 109. The maximum Gasteiger partial charge on any atom is 0.252 e. The molecular formula is C94H83BN4. The van der Waals surface area contributed by atoms with Crippen LogP contribution in [0.3, 0.4) is 0 Å². The van der Waals surface area contributed by atoms with Crippen molar-refractivity contribution in [3.05, 3.63) is 307 Å². The first-order valence-electron chi connectivity index (χ1n) is 35.4. The molecule has 4 nitrogen and oxygen atoms in total. The topological polar surface area (TPSA) is 16.3 Å². The molecule has 2 aliphatic heterocycles. The van der Waals surface area contributed by atoms with Gasteiger partial charge in [0.05, 0.1) is 33.4 Å². The van der Waals surface area contributed by atoms with E-state index in [2.05, 4.69) is 387 Å². The SMILES string of the molecule is CC(C)(C)c1cc(-c2ccccc2)c(N2c3cc(-n4c5ccccc5c5ccccc54)ccc3B3c4ccc(-n5c6cc(C(C)(C)C)ccc6c6ccc(C(C)(C)C)cc65)cc4N(c4c(-c5ccccc5)cc(C(C)(C)C)cc4-c4ccccc4)c4cccc2c43)c(-c2ccccc2)c1. The van der Waals surface area contributed by atoms with Crippen molar-refractivity contribution < 1.29 is 0 Å². The van der Waals surface area contributed by atoms with Gasteiger partial charge in [-0.2, -0.15) is 0 Å². The lowest BCUT2D eigenvalue weighted by Crippen LogP contribution is -2.61. The van der Waals surface area contributed by atoms with Gasteiger partial charge in [0.2, 0.25) is 0 Å². The summed E-state index contributed by atoms with van der Waals surface area (Å²) in [7, 11) is 0. The number of benzene rings is 13. The first kappa shape index (κ1) is 61.7. The molecule has 482 valence electrons. The summed E-state index contributed by atoms with van der Waals surface area (Å²) in [5.41, 5.74) is 31.6. The monoisotopic (exact) mass is 1280 g/mol. The van der Waals surface area contributed by atoms with E-state index >= 15 is 0 Å². The zero-order valence-corrected chi connectivity index (χ0v) is 59.0. The normalized spacial score (nSPS) is 13.2. The molecule has 0 unspecified atom stereocenters. The van der Waals surface area contributed by atoms with E-state index in [9.17, 15) is 0 Å². The van der Waals surface area contributed by atoms with Gasteiger partial charge in [0.1, 0.15) is 0 Å². The fourth-order valence-corrected chi connectivity index (χ4v) is 16.1. The quantitative estimate of drug-likeness (QED) is 0.141. The van der Waals surface area contributed by atoms with Crippen molar-refractivity contribution in [2.45, 2.75) is 105 Å². The van der Waals surface area contributed by atoms with Gasteiger partial charge in [0.25, 0.3) is 6.71 Å². The van der Waals surface area contributed by atoms with Crippen molar-refractivity contribution in [1.82, 2.24) is 9.13 Å². The molecule has 99 heavy (non-hydrogen) atoms. The first-order valence-corrected chi connectivity index (χ1v) is 35.4. The van der Waals surface area contributed by atoms with E-state index in [0.717, 1.165) is 67.8 Å². The van der Waals surface area contributed by atoms with Crippen molar-refractivity contribution >= 4 is 101 Å². The number of aromatic nitrogens is 2. The third-order valence-corrected chi connectivity index (χ3v) is 21.3. The Kier molecular flexibility index (Phi) is 14.2. The highest BCUT2D eigenvalue weighted by Gasteiger charge is 2.46. The predicted molar refractivity (Wildman–Crippen MR) is 426 cm³/mol. The molecule has 0 bridgehead atoms. The third-order valence-electron chi connectivity index (χ3n) is 21.3. The van der Waals surface area contributed by atoms with Gasteiger partial charge in [-0.1, -0.05) is 283 Å². The van der Waals surface area contributed by atoms with Crippen molar-refractivity contribution in [1.29, 1.82) is 0 Å². The fourth-order valence-electron chi connectivity index (χ4n) is 16.1. The Hall–Kier alpha value is -10.9. The van der Waals surface area contributed by atoms with E-state index in [1.165, 1.54) is 105 Å². The van der Waals surface area contributed by atoms with Gasteiger partial charge in [-0.05, 0) is 167 Å². The van der Waals surface area contributed by atoms with E-state index in [0.29, 0.717) is 0 Å². The largest absolute Gasteiger partial charge is 0.310 e. The number of fused-ring (bicyclic) bond motifs is 10. The van der Waals surface area contributed by atoms with Gasteiger partial charge < -0.3 is 18.9 Å². The Labute approximate surface area is 584 Å². The summed E-state index contributed by atoms with van der Waals surface area (Å²) in [5, 5.41) is 4.97. The minimum atomic E-state index is -0.212. The van der Waals surface area contributed by atoms with Crippen LogP contribution in [0.2, 0.25) is 0 Å². The smallest absolute Gasteiger partial charge is 0.252 e. The second-order valence-electron chi connectivity index (χ2n) is 31.8. The lowest BCUT2D eigenvalue weighted by Gasteiger charge is -2.46. The Morgan fingerprint density at radius 2 is 0.556 bits per heavy atom. The Balaban J connectivity index is 1.04. The molecule has 0 radical (unpaired) electrons. The standard InChI is InChI=1S/C94H83BN4/c1-91(2,3)64-44-48-72-73-49-45-65(92(4,5)6)57-85(73)97(84(72)56-64)69-47-51-79-87(59-69)99(90-76(62-34-21-15-22-35-62)54-67(94(10,11)12)55-77(90)63-36-23-16-24-37-63)83-43-29-42-82-88(83)95(79)78-50-46-68(96-80-40-27-25-38-70(80)71-39-26-28-41-81(71)96)58-86(78)98(82)89-74(60-30-17-13-18-31-60)52-66(93(7,8)9)53-75(89)61-32-19-14-20-33-61/h13-59H,1-12H3. The van der Waals surface area contributed by atoms with Crippen LogP contribution in [0.5, 0.6) is 0 Å². The van der Waals surface area contributed by atoms with Crippen LogP contribution in [0, 0.1) is 0 Å². The Morgan fingerprint density at radius 1 is 0.242 bits per heavy atom. The summed E-state index contributed by atoms with van der Waals surface area (Å²) < 4.78 is 5.08. The van der Waals surface area contributed by atoms with Gasteiger partial charge >= 0.3 is 0 Å². The van der Waals surface area contributed by atoms with Crippen LogP contribution in [-0.4, -0.2) is 15.8 Å². The molecule has 13 aromatic carbocycles. The molecule has 0 saturated carbocycles. The average molecular weight is 1280 g/mol. The van der Waals surface area contributed by atoms with E-state index < -0.39 is 0 Å². The average Bonchev–Trinajstić information content (AvgIpc) is 0.945. The highest BCUT2D eigenvalue weighted by molar-refractivity contribution is 7.00. The number of para-hydroxylation sites is 2. The van der Waals surface area contributed by atoms with Crippen molar-refractivity contribution in [3.63, 3.8) is 0 Å². The molecule has 0 amide bonds. The Bertz CT molecular complexity index is 5460. The van der Waals surface area contributed by atoms with E-state index in [-0.39, 0.29) is 28.4 Å². The summed E-state index contributed by atoms with van der Waals surface area (Å²) in [6.07, 6.45) is 0. The number of hydrogen-bond acceptors (Lipinski definition) is 2. The highest BCUT2D eigenvalue weighted by atomic mass is 15.2. The maximum atomic E-state index is 2.70. The zero-order valence-electron chi connectivity index (χ0n) is 59.0. The van der Waals surface area contributed by atoms with Crippen LogP contribution in [0.15, 0.2) is 285 Å². The van der Waals surface area contributed by atoms with Crippen molar-refractivity contribution in [2.75, 3.05) is 9.80 Å². The minimum absolute atomic E-state index is 0.0803. The van der Waals surface area contributed by atoms with Crippen LogP contribution in [0.1, 0.15) is 105 Å². The molecule has 0 aliphatic carbocycles. The van der Waals surface area contributed by atoms with Gasteiger partial charge in [-0.25, -0.2) is 0 Å². The maximum absolute atomic E-state index is 2.70. The molecular weight excluding hydrogens is 1200 g/mol. The molecule has 17 rings (SSSR count). The molecule has 0 spiro atoms. The van der Waals surface area contributed by atoms with Crippen LogP contribution in [-0.2, 0) is 21.7 Å². The fraction of sp³-hybridized carbons (Fsp3) is 0.170. The van der Waals surface area contributed by atoms with Gasteiger partial charge in [0.15, 0.2) is 0 Å². The molecule has 2 aliphatic rings. The molecule has 0 N–H and O–H groups in total. The molecule has 0 saturated heterocycles. The zero-order chi connectivity index (χ0) is 68.0. The molecule has 4 heterocycles. The van der Waals surface area contributed by atoms with E-state index in [1.807, 2.05) is 0 Å². The molecule has 2 aromatic heterocycles. The molecule has 15 aromatic rings. The van der Waals surface area contributed by atoms with Gasteiger partial charge in [0, 0.05) is 77.9 Å². The van der Waals surface area contributed by atoms with E-state index in [1.54, 1.807) is 0 Å². The van der Waals surface area contributed by atoms with Crippen LogP contribution in [0.4, 0.5) is 34.1 Å². The molecule has 0 atom stereocenters. The number of hydrogen-bond donors (Lipinski definition) is 0. The Morgan fingerprint density at radius 3 is 0.899 bits per heavy atom. The number of nitrogens with zero attached hydrogens (tertiary/aromatic N) is 4. The minimum Gasteiger partial charge on any atom is -0.310 e. The summed E-state index contributed by atoms with van der Waals surface area (Å²) in [4.78, 5) is 5.39. The molecule has 0 fully saturated rings. The summed E-state index contributed by atoms with van der Waals surface area (Å²) >= 11 is 0. The van der Waals surface area contributed by atoms with Crippen LogP contribution in [0.25, 0.3) is 99.5 Å².